The highest BCUT2D eigenvalue weighted by atomic mass is 16.4. The fourth-order valence-corrected chi connectivity index (χ4v) is 2.71. The Bertz CT molecular complexity index is 587. The van der Waals surface area contributed by atoms with Gasteiger partial charge in [-0.25, -0.2) is 0 Å². The van der Waals surface area contributed by atoms with Crippen LogP contribution in [0.1, 0.15) is 37.7 Å². The second-order valence-electron chi connectivity index (χ2n) is 7.17. The van der Waals surface area contributed by atoms with Crippen LogP contribution in [0.25, 0.3) is 0 Å². The Balaban J connectivity index is 2.04. The molecule has 1 aromatic rings. The standard InChI is InChI=1S/C18H26N2O4/c1-18(2,3)8-7-14(17(22)23)19-9-5-10-20(12-11-19)16(21)15-6-4-13-24-15/h4,6-8,13-14H,5,9-12H2,1-3H3,(H,22,23)/b8-7+/t14-/m1/s1. The van der Waals surface area contributed by atoms with Gasteiger partial charge in [0.15, 0.2) is 5.76 Å². The molecular formula is C18H26N2O4. The number of hydrogen-bond donors (Lipinski definition) is 1. The van der Waals surface area contributed by atoms with Gasteiger partial charge in [0.25, 0.3) is 5.91 Å². The van der Waals surface area contributed by atoms with Gasteiger partial charge in [0.1, 0.15) is 6.04 Å². The largest absolute Gasteiger partial charge is 0.480 e. The number of carbonyl (C=O) groups is 2. The molecule has 1 fully saturated rings. The van der Waals surface area contributed by atoms with Crippen LogP contribution >= 0.6 is 0 Å². The molecule has 0 saturated carbocycles. The topological polar surface area (TPSA) is 74.0 Å². The van der Waals surface area contributed by atoms with E-state index in [1.165, 1.54) is 6.26 Å². The maximum atomic E-state index is 12.4. The Morgan fingerprint density at radius 2 is 2.00 bits per heavy atom. The summed E-state index contributed by atoms with van der Waals surface area (Å²) in [5.74, 6) is -0.675. The lowest BCUT2D eigenvalue weighted by Gasteiger charge is -2.26. The smallest absolute Gasteiger partial charge is 0.324 e. The lowest BCUT2D eigenvalue weighted by molar-refractivity contribution is -0.141. The van der Waals surface area contributed by atoms with Crippen LogP contribution in [0, 0.1) is 5.41 Å². The highest BCUT2D eigenvalue weighted by Crippen LogP contribution is 2.17. The summed E-state index contributed by atoms with van der Waals surface area (Å²) in [6.07, 6.45) is 5.91. The third-order valence-corrected chi connectivity index (χ3v) is 3.97. The first-order valence-electron chi connectivity index (χ1n) is 8.27. The molecule has 1 saturated heterocycles. The van der Waals surface area contributed by atoms with Gasteiger partial charge >= 0.3 is 5.97 Å². The van der Waals surface area contributed by atoms with Gasteiger partial charge in [-0.15, -0.1) is 0 Å². The number of rotatable bonds is 4. The molecule has 0 bridgehead atoms. The monoisotopic (exact) mass is 334 g/mol. The van der Waals surface area contributed by atoms with E-state index in [-0.39, 0.29) is 11.3 Å². The average Bonchev–Trinajstić information content (AvgIpc) is 2.91. The second kappa shape index (κ2) is 7.66. The molecule has 132 valence electrons. The van der Waals surface area contributed by atoms with Crippen molar-refractivity contribution in [3.8, 4) is 0 Å². The Labute approximate surface area is 142 Å². The third kappa shape index (κ3) is 4.96. The zero-order chi connectivity index (χ0) is 17.7. The first-order chi connectivity index (χ1) is 11.3. The van der Waals surface area contributed by atoms with E-state index in [1.54, 1.807) is 23.1 Å². The molecule has 1 aliphatic rings. The number of carbonyl (C=O) groups excluding carboxylic acids is 1. The second-order valence-corrected chi connectivity index (χ2v) is 7.17. The predicted molar refractivity (Wildman–Crippen MR) is 90.8 cm³/mol. The van der Waals surface area contributed by atoms with E-state index in [1.807, 2.05) is 31.7 Å². The number of hydrogen-bond acceptors (Lipinski definition) is 4. The Morgan fingerprint density at radius 1 is 1.25 bits per heavy atom. The van der Waals surface area contributed by atoms with E-state index in [2.05, 4.69) is 0 Å². The van der Waals surface area contributed by atoms with Gasteiger partial charge in [-0.3, -0.25) is 14.5 Å². The van der Waals surface area contributed by atoms with Crippen molar-refractivity contribution in [2.75, 3.05) is 26.2 Å². The summed E-state index contributed by atoms with van der Waals surface area (Å²) >= 11 is 0. The summed E-state index contributed by atoms with van der Waals surface area (Å²) in [5.41, 5.74) is -0.0686. The van der Waals surface area contributed by atoms with Gasteiger partial charge < -0.3 is 14.4 Å². The van der Waals surface area contributed by atoms with Crippen LogP contribution in [0.3, 0.4) is 0 Å². The van der Waals surface area contributed by atoms with Crippen LogP contribution in [0.5, 0.6) is 0 Å². The zero-order valence-corrected chi connectivity index (χ0v) is 14.6. The minimum absolute atomic E-state index is 0.0686. The molecule has 0 spiro atoms. The Hall–Kier alpha value is -2.08. The molecule has 2 heterocycles. The summed E-state index contributed by atoms with van der Waals surface area (Å²) in [6.45, 7) is 8.38. The minimum atomic E-state index is -0.860. The van der Waals surface area contributed by atoms with E-state index < -0.39 is 12.0 Å². The predicted octanol–water partition coefficient (Wildman–Crippen LogP) is 2.48. The minimum Gasteiger partial charge on any atom is -0.480 e. The molecule has 24 heavy (non-hydrogen) atoms. The quantitative estimate of drug-likeness (QED) is 0.856. The molecule has 1 aromatic heterocycles. The van der Waals surface area contributed by atoms with Crippen molar-refractivity contribution in [3.05, 3.63) is 36.3 Å². The van der Waals surface area contributed by atoms with Gasteiger partial charge in [0.2, 0.25) is 0 Å². The molecule has 1 aliphatic heterocycles. The molecule has 1 atom stereocenters. The van der Waals surface area contributed by atoms with E-state index in [0.717, 1.165) is 6.42 Å². The first-order valence-corrected chi connectivity index (χ1v) is 8.27. The molecule has 2 rings (SSSR count). The number of carboxylic acid groups (broad SMARTS) is 1. The lowest BCUT2D eigenvalue weighted by Crippen LogP contribution is -2.42. The van der Waals surface area contributed by atoms with E-state index in [4.69, 9.17) is 4.42 Å². The highest BCUT2D eigenvalue weighted by Gasteiger charge is 2.28. The molecule has 0 radical (unpaired) electrons. The lowest BCUT2D eigenvalue weighted by atomic mass is 9.95. The van der Waals surface area contributed by atoms with Crippen molar-refractivity contribution in [3.63, 3.8) is 0 Å². The molecular weight excluding hydrogens is 308 g/mol. The number of allylic oxidation sites excluding steroid dienone is 1. The van der Waals surface area contributed by atoms with Gasteiger partial charge in [-0.1, -0.05) is 32.9 Å². The van der Waals surface area contributed by atoms with Gasteiger partial charge in [-0.05, 0) is 24.0 Å². The summed E-state index contributed by atoms with van der Waals surface area (Å²) in [6, 6.07) is 2.68. The maximum absolute atomic E-state index is 12.4. The SMILES string of the molecule is CC(C)(C)/C=C/[C@H](C(=O)O)N1CCCN(C(=O)c2ccco2)CC1. The van der Waals surface area contributed by atoms with Crippen molar-refractivity contribution in [2.24, 2.45) is 5.41 Å². The van der Waals surface area contributed by atoms with Crippen LogP contribution < -0.4 is 0 Å². The van der Waals surface area contributed by atoms with Crippen LogP contribution in [0.2, 0.25) is 0 Å². The fraction of sp³-hybridized carbons (Fsp3) is 0.556. The van der Waals surface area contributed by atoms with Crippen LogP contribution in [0.4, 0.5) is 0 Å². The number of amides is 1. The van der Waals surface area contributed by atoms with Crippen molar-refractivity contribution >= 4 is 11.9 Å². The molecule has 1 amide bonds. The summed E-state index contributed by atoms with van der Waals surface area (Å²) in [5, 5.41) is 9.55. The van der Waals surface area contributed by atoms with Gasteiger partial charge in [0.05, 0.1) is 6.26 Å². The maximum Gasteiger partial charge on any atom is 0.324 e. The van der Waals surface area contributed by atoms with Crippen molar-refractivity contribution < 1.29 is 19.1 Å². The molecule has 6 heteroatoms. The van der Waals surface area contributed by atoms with E-state index in [9.17, 15) is 14.7 Å². The van der Waals surface area contributed by atoms with Gasteiger partial charge in [-0.2, -0.15) is 0 Å². The molecule has 6 nitrogen and oxygen atoms in total. The normalized spacial score (nSPS) is 18.5. The first kappa shape index (κ1) is 18.3. The molecule has 0 aliphatic carbocycles. The molecule has 0 aromatic carbocycles. The van der Waals surface area contributed by atoms with E-state index >= 15 is 0 Å². The third-order valence-electron chi connectivity index (χ3n) is 3.97. The zero-order valence-electron chi connectivity index (χ0n) is 14.6. The molecule has 1 N–H and O–H groups in total. The average molecular weight is 334 g/mol. The summed E-state index contributed by atoms with van der Waals surface area (Å²) in [7, 11) is 0. The van der Waals surface area contributed by atoms with Crippen LogP contribution in [-0.4, -0.2) is 59.0 Å². The van der Waals surface area contributed by atoms with Crippen molar-refractivity contribution in [2.45, 2.75) is 33.2 Å². The van der Waals surface area contributed by atoms with Crippen LogP contribution in [0.15, 0.2) is 35.0 Å². The van der Waals surface area contributed by atoms with Crippen molar-refractivity contribution in [1.29, 1.82) is 0 Å². The van der Waals surface area contributed by atoms with Crippen molar-refractivity contribution in [1.82, 2.24) is 9.80 Å². The van der Waals surface area contributed by atoms with Gasteiger partial charge in [0, 0.05) is 26.2 Å². The highest BCUT2D eigenvalue weighted by molar-refractivity contribution is 5.91. The number of aliphatic carboxylic acids is 1. The number of furan rings is 1. The number of carboxylic acids is 1. The van der Waals surface area contributed by atoms with E-state index in [0.29, 0.717) is 31.9 Å². The molecule has 0 unspecified atom stereocenters. The fourth-order valence-electron chi connectivity index (χ4n) is 2.71. The Morgan fingerprint density at radius 3 is 2.58 bits per heavy atom. The summed E-state index contributed by atoms with van der Waals surface area (Å²) < 4.78 is 5.17. The Kier molecular flexibility index (Phi) is 5.83. The number of nitrogens with zero attached hydrogens (tertiary/aromatic N) is 2. The van der Waals surface area contributed by atoms with Crippen LogP contribution in [-0.2, 0) is 4.79 Å². The summed E-state index contributed by atoms with van der Waals surface area (Å²) in [4.78, 5) is 27.7.